The Kier molecular flexibility index (Phi) is 2.60. The van der Waals surface area contributed by atoms with E-state index in [9.17, 15) is 0 Å². The van der Waals surface area contributed by atoms with Crippen molar-refractivity contribution in [2.75, 3.05) is 11.9 Å². The van der Waals surface area contributed by atoms with Crippen LogP contribution in [0.25, 0.3) is 20.4 Å². The molecule has 0 radical (unpaired) electrons. The van der Waals surface area contributed by atoms with E-state index in [1.807, 2.05) is 12.3 Å². The van der Waals surface area contributed by atoms with Gasteiger partial charge in [-0.2, -0.15) is 0 Å². The highest BCUT2D eigenvalue weighted by molar-refractivity contribution is 7.25. The number of nitrogens with zero attached hydrogens (tertiary/aromatic N) is 3. The van der Waals surface area contributed by atoms with Crippen molar-refractivity contribution in [3.8, 4) is 0 Å². The summed E-state index contributed by atoms with van der Waals surface area (Å²) in [5.41, 5.74) is 0.992. The third-order valence-corrected chi connectivity index (χ3v) is 3.68. The summed E-state index contributed by atoms with van der Waals surface area (Å²) in [6, 6.07) is 3.99. The van der Waals surface area contributed by atoms with Crippen LogP contribution in [-0.2, 0) is 0 Å². The average Bonchev–Trinajstić information content (AvgIpc) is 2.75. The first kappa shape index (κ1) is 10.4. The van der Waals surface area contributed by atoms with Crippen molar-refractivity contribution in [2.24, 2.45) is 0 Å². The summed E-state index contributed by atoms with van der Waals surface area (Å²) < 4.78 is 1.09. The zero-order valence-corrected chi connectivity index (χ0v) is 10.3. The van der Waals surface area contributed by atoms with E-state index in [-0.39, 0.29) is 0 Å². The monoisotopic (exact) mass is 244 g/mol. The topological polar surface area (TPSA) is 50.7 Å². The molecule has 0 aromatic carbocycles. The van der Waals surface area contributed by atoms with Crippen LogP contribution < -0.4 is 5.32 Å². The van der Waals surface area contributed by atoms with Gasteiger partial charge in [0, 0.05) is 18.1 Å². The molecule has 86 valence electrons. The zero-order valence-electron chi connectivity index (χ0n) is 9.47. The molecule has 0 unspecified atom stereocenters. The Bertz CT molecular complexity index is 662. The van der Waals surface area contributed by atoms with Crippen LogP contribution in [0, 0.1) is 0 Å². The van der Waals surface area contributed by atoms with Gasteiger partial charge in [-0.05, 0) is 18.6 Å². The lowest BCUT2D eigenvalue weighted by atomic mass is 10.3. The minimum absolute atomic E-state index is 0.917. The number of thiophene rings is 1. The van der Waals surface area contributed by atoms with Gasteiger partial charge in [0.15, 0.2) is 0 Å². The molecule has 4 nitrogen and oxygen atoms in total. The van der Waals surface area contributed by atoms with E-state index < -0.39 is 0 Å². The number of hydrogen-bond donors (Lipinski definition) is 1. The van der Waals surface area contributed by atoms with Crippen molar-refractivity contribution < 1.29 is 0 Å². The molecule has 0 bridgehead atoms. The lowest BCUT2D eigenvalue weighted by Gasteiger charge is -2.03. The van der Waals surface area contributed by atoms with Crippen molar-refractivity contribution >= 4 is 37.6 Å². The predicted octanol–water partition coefficient (Wildman–Crippen LogP) is 3.06. The van der Waals surface area contributed by atoms with Gasteiger partial charge in [0.05, 0.1) is 10.2 Å². The molecule has 3 heterocycles. The molecule has 5 heteroatoms. The van der Waals surface area contributed by atoms with Crippen molar-refractivity contribution in [1.29, 1.82) is 0 Å². The average molecular weight is 244 g/mol. The minimum Gasteiger partial charge on any atom is -0.369 e. The number of nitrogens with one attached hydrogen (secondary N) is 1. The molecule has 0 saturated heterocycles. The van der Waals surface area contributed by atoms with Gasteiger partial charge in [-0.25, -0.2) is 15.0 Å². The van der Waals surface area contributed by atoms with E-state index in [0.717, 1.165) is 39.2 Å². The first-order valence-electron chi connectivity index (χ1n) is 5.62. The Morgan fingerprint density at radius 2 is 2.24 bits per heavy atom. The second-order valence-corrected chi connectivity index (χ2v) is 4.78. The molecular weight excluding hydrogens is 232 g/mol. The van der Waals surface area contributed by atoms with Crippen molar-refractivity contribution in [3.05, 3.63) is 24.7 Å². The zero-order chi connectivity index (χ0) is 11.7. The molecule has 0 spiro atoms. The summed E-state index contributed by atoms with van der Waals surface area (Å²) in [6.45, 7) is 3.06. The smallest absolute Gasteiger partial charge is 0.147 e. The van der Waals surface area contributed by atoms with Crippen LogP contribution in [0.1, 0.15) is 13.3 Å². The predicted molar refractivity (Wildman–Crippen MR) is 71.5 cm³/mol. The summed E-state index contributed by atoms with van der Waals surface area (Å²) in [5.74, 6) is 0.917. The molecule has 0 saturated carbocycles. The first-order valence-corrected chi connectivity index (χ1v) is 6.44. The number of pyridine rings is 1. The summed E-state index contributed by atoms with van der Waals surface area (Å²) in [6.07, 6.45) is 4.50. The fraction of sp³-hybridized carbons (Fsp3) is 0.250. The first-order chi connectivity index (χ1) is 8.40. The number of hydrogen-bond acceptors (Lipinski definition) is 5. The van der Waals surface area contributed by atoms with Gasteiger partial charge in [0.25, 0.3) is 0 Å². The Morgan fingerprint density at radius 1 is 1.29 bits per heavy atom. The van der Waals surface area contributed by atoms with Crippen LogP contribution in [0.2, 0.25) is 0 Å². The highest BCUT2D eigenvalue weighted by Gasteiger charge is 2.10. The summed E-state index contributed by atoms with van der Waals surface area (Å²) in [7, 11) is 0. The van der Waals surface area contributed by atoms with Crippen LogP contribution in [0.4, 0.5) is 5.82 Å². The molecule has 0 aliphatic rings. The molecule has 1 N–H and O–H groups in total. The molecule has 0 amide bonds. The highest BCUT2D eigenvalue weighted by atomic mass is 32.1. The Morgan fingerprint density at radius 3 is 3.12 bits per heavy atom. The van der Waals surface area contributed by atoms with Crippen LogP contribution in [0.15, 0.2) is 24.7 Å². The number of rotatable bonds is 3. The Balaban J connectivity index is 2.24. The third kappa shape index (κ3) is 1.72. The van der Waals surface area contributed by atoms with Crippen molar-refractivity contribution in [2.45, 2.75) is 13.3 Å². The second kappa shape index (κ2) is 4.25. The molecule has 3 rings (SSSR count). The van der Waals surface area contributed by atoms with E-state index >= 15 is 0 Å². The van der Waals surface area contributed by atoms with E-state index in [4.69, 9.17) is 0 Å². The van der Waals surface area contributed by atoms with Crippen LogP contribution >= 0.6 is 11.3 Å². The van der Waals surface area contributed by atoms with Gasteiger partial charge < -0.3 is 5.32 Å². The SMILES string of the molecule is CCCNc1ncnc2c1sc1ncccc12. The van der Waals surface area contributed by atoms with E-state index in [1.54, 1.807) is 17.7 Å². The van der Waals surface area contributed by atoms with Crippen LogP contribution in [-0.4, -0.2) is 21.5 Å². The standard InChI is InChI=1S/C12H12N4S/c1-2-5-13-11-10-9(15-7-16-11)8-4-3-6-14-12(8)17-10/h3-4,6-7H,2,5H2,1H3,(H,13,15,16). The lowest BCUT2D eigenvalue weighted by molar-refractivity contribution is 0.970. The molecule has 0 fully saturated rings. The van der Waals surface area contributed by atoms with Gasteiger partial charge in [-0.1, -0.05) is 6.92 Å². The maximum Gasteiger partial charge on any atom is 0.147 e. The van der Waals surface area contributed by atoms with E-state index in [1.165, 1.54) is 0 Å². The summed E-state index contributed by atoms with van der Waals surface area (Å²) >= 11 is 1.64. The summed E-state index contributed by atoms with van der Waals surface area (Å²) in [5, 5.41) is 4.44. The molecule has 3 aromatic rings. The Labute approximate surface area is 103 Å². The maximum atomic E-state index is 4.36. The van der Waals surface area contributed by atoms with Gasteiger partial charge in [0.2, 0.25) is 0 Å². The van der Waals surface area contributed by atoms with Crippen LogP contribution in [0.5, 0.6) is 0 Å². The maximum absolute atomic E-state index is 4.36. The molecule has 0 aliphatic carbocycles. The molecule has 0 atom stereocenters. The number of aromatic nitrogens is 3. The minimum atomic E-state index is 0.917. The second-order valence-electron chi connectivity index (χ2n) is 3.78. The molecular formula is C12H12N4S. The largest absolute Gasteiger partial charge is 0.369 e. The number of anilines is 1. The highest BCUT2D eigenvalue weighted by Crippen LogP contribution is 2.34. The third-order valence-electron chi connectivity index (χ3n) is 2.57. The van der Waals surface area contributed by atoms with Gasteiger partial charge >= 0.3 is 0 Å². The fourth-order valence-electron chi connectivity index (χ4n) is 1.78. The lowest BCUT2D eigenvalue weighted by Crippen LogP contribution is -2.01. The van der Waals surface area contributed by atoms with Crippen LogP contribution in [0.3, 0.4) is 0 Å². The summed E-state index contributed by atoms with van der Waals surface area (Å²) in [4.78, 5) is 14.0. The van der Waals surface area contributed by atoms with Gasteiger partial charge in [0.1, 0.15) is 17.0 Å². The van der Waals surface area contributed by atoms with E-state index in [0.29, 0.717) is 0 Å². The van der Waals surface area contributed by atoms with Gasteiger partial charge in [-0.3, -0.25) is 0 Å². The van der Waals surface area contributed by atoms with Crippen molar-refractivity contribution in [1.82, 2.24) is 15.0 Å². The Hall–Kier alpha value is -1.75. The number of fused-ring (bicyclic) bond motifs is 3. The molecule has 17 heavy (non-hydrogen) atoms. The van der Waals surface area contributed by atoms with Gasteiger partial charge in [-0.15, -0.1) is 11.3 Å². The molecule has 0 aliphatic heterocycles. The fourth-order valence-corrected chi connectivity index (χ4v) is 2.84. The molecule has 3 aromatic heterocycles. The normalized spacial score (nSPS) is 11.1. The van der Waals surface area contributed by atoms with E-state index in [2.05, 4.69) is 33.3 Å². The quantitative estimate of drug-likeness (QED) is 0.769. The van der Waals surface area contributed by atoms with Crippen molar-refractivity contribution in [3.63, 3.8) is 0 Å².